The van der Waals surface area contributed by atoms with E-state index in [1.54, 1.807) is 0 Å². The fraction of sp³-hybridized carbons (Fsp3) is 0.647. The summed E-state index contributed by atoms with van der Waals surface area (Å²) in [6.45, 7) is 8.16. The van der Waals surface area contributed by atoms with Crippen molar-refractivity contribution in [3.8, 4) is 0 Å². The second-order valence-electron chi connectivity index (χ2n) is 6.62. The lowest BCUT2D eigenvalue weighted by Gasteiger charge is -2.38. The highest BCUT2D eigenvalue weighted by atomic mass is 79.9. The van der Waals surface area contributed by atoms with Crippen molar-refractivity contribution in [1.29, 1.82) is 0 Å². The molecule has 1 heterocycles. The van der Waals surface area contributed by atoms with Crippen LogP contribution in [0.3, 0.4) is 0 Å². The summed E-state index contributed by atoms with van der Waals surface area (Å²) in [4.78, 5) is 2.58. The molecule has 1 aromatic rings. The Bertz CT molecular complexity index is 470. The van der Waals surface area contributed by atoms with Crippen molar-refractivity contribution in [2.45, 2.75) is 45.7 Å². The van der Waals surface area contributed by atoms with Crippen LogP contribution in [-0.2, 0) is 6.54 Å². The fourth-order valence-electron chi connectivity index (χ4n) is 3.00. The average molecular weight is 337 g/mol. The van der Waals surface area contributed by atoms with Crippen LogP contribution in [0.15, 0.2) is 22.7 Å². The molecular formula is C17H25BrN2. The van der Waals surface area contributed by atoms with Crippen molar-refractivity contribution >= 4 is 21.6 Å². The highest BCUT2D eigenvalue weighted by Crippen LogP contribution is 2.32. The van der Waals surface area contributed by atoms with Gasteiger partial charge in [-0.2, -0.15) is 0 Å². The van der Waals surface area contributed by atoms with E-state index in [2.05, 4.69) is 58.2 Å². The number of nitrogens with zero attached hydrogens (tertiary/aromatic N) is 1. The van der Waals surface area contributed by atoms with Crippen LogP contribution in [0.25, 0.3) is 0 Å². The standard InChI is InChI=1S/C17H25BrN2/c1-12-7-8-20(11-13(12)2)17-9-15(18)4-3-14(17)10-19-16-5-6-16/h3-4,9,12-13,16,19H,5-8,10-11H2,1-2H3. The molecule has 0 amide bonds. The van der Waals surface area contributed by atoms with Gasteiger partial charge in [0.1, 0.15) is 0 Å². The first-order chi connectivity index (χ1) is 9.63. The molecule has 2 nitrogen and oxygen atoms in total. The van der Waals surface area contributed by atoms with Gasteiger partial charge in [0.25, 0.3) is 0 Å². The van der Waals surface area contributed by atoms with Gasteiger partial charge in [-0.15, -0.1) is 0 Å². The van der Waals surface area contributed by atoms with E-state index in [9.17, 15) is 0 Å². The molecule has 0 bridgehead atoms. The molecule has 0 aromatic heterocycles. The first-order valence-corrected chi connectivity index (χ1v) is 8.69. The fourth-order valence-corrected chi connectivity index (χ4v) is 3.35. The topological polar surface area (TPSA) is 15.3 Å². The lowest BCUT2D eigenvalue weighted by Crippen LogP contribution is -2.39. The highest BCUT2D eigenvalue weighted by molar-refractivity contribution is 9.10. The minimum absolute atomic E-state index is 0.770. The third-order valence-corrected chi connectivity index (χ3v) is 5.37. The normalized spacial score (nSPS) is 26.9. The van der Waals surface area contributed by atoms with Crippen molar-refractivity contribution in [3.05, 3.63) is 28.2 Å². The minimum Gasteiger partial charge on any atom is -0.371 e. The largest absolute Gasteiger partial charge is 0.371 e. The van der Waals surface area contributed by atoms with Gasteiger partial charge in [-0.25, -0.2) is 0 Å². The maximum atomic E-state index is 3.65. The first-order valence-electron chi connectivity index (χ1n) is 7.90. The number of nitrogens with one attached hydrogen (secondary N) is 1. The van der Waals surface area contributed by atoms with E-state index in [-0.39, 0.29) is 0 Å². The molecule has 2 unspecified atom stereocenters. The van der Waals surface area contributed by atoms with Gasteiger partial charge in [0.2, 0.25) is 0 Å². The molecule has 2 atom stereocenters. The predicted molar refractivity (Wildman–Crippen MR) is 89.2 cm³/mol. The maximum Gasteiger partial charge on any atom is 0.0423 e. The van der Waals surface area contributed by atoms with Crippen molar-refractivity contribution in [1.82, 2.24) is 5.32 Å². The van der Waals surface area contributed by atoms with Crippen LogP contribution in [0.5, 0.6) is 0 Å². The van der Waals surface area contributed by atoms with Crippen LogP contribution < -0.4 is 10.2 Å². The van der Waals surface area contributed by atoms with Gasteiger partial charge in [-0.05, 0) is 48.8 Å². The number of benzene rings is 1. The molecule has 1 saturated carbocycles. The van der Waals surface area contributed by atoms with Crippen molar-refractivity contribution in [3.63, 3.8) is 0 Å². The molecule has 2 aliphatic rings. The molecule has 3 heteroatoms. The van der Waals surface area contributed by atoms with Gasteiger partial charge in [-0.3, -0.25) is 0 Å². The van der Waals surface area contributed by atoms with Crippen LogP contribution >= 0.6 is 15.9 Å². The number of halogens is 1. The zero-order valence-electron chi connectivity index (χ0n) is 12.5. The van der Waals surface area contributed by atoms with E-state index in [1.807, 2.05) is 0 Å². The van der Waals surface area contributed by atoms with E-state index in [4.69, 9.17) is 0 Å². The Morgan fingerprint density at radius 1 is 1.20 bits per heavy atom. The zero-order chi connectivity index (χ0) is 14.1. The summed E-state index contributed by atoms with van der Waals surface area (Å²) < 4.78 is 1.19. The van der Waals surface area contributed by atoms with Crippen LogP contribution in [0, 0.1) is 11.8 Å². The van der Waals surface area contributed by atoms with Crippen LogP contribution in [0.1, 0.15) is 38.7 Å². The summed E-state index contributed by atoms with van der Waals surface area (Å²) in [5.74, 6) is 1.64. The lowest BCUT2D eigenvalue weighted by molar-refractivity contribution is 0.323. The highest BCUT2D eigenvalue weighted by Gasteiger charge is 2.25. The Labute approximate surface area is 131 Å². The van der Waals surface area contributed by atoms with Gasteiger partial charge >= 0.3 is 0 Å². The first kappa shape index (κ1) is 14.4. The van der Waals surface area contributed by atoms with Gasteiger partial charge in [0.15, 0.2) is 0 Å². The molecule has 0 spiro atoms. The number of rotatable bonds is 4. The number of hydrogen-bond donors (Lipinski definition) is 1. The van der Waals surface area contributed by atoms with Crippen molar-refractivity contribution in [2.24, 2.45) is 11.8 Å². The molecule has 1 saturated heterocycles. The van der Waals surface area contributed by atoms with Crippen LogP contribution in [-0.4, -0.2) is 19.1 Å². The Hall–Kier alpha value is -0.540. The third kappa shape index (κ3) is 3.37. The van der Waals surface area contributed by atoms with Crippen LogP contribution in [0.4, 0.5) is 5.69 Å². The summed E-state index contributed by atoms with van der Waals surface area (Å²) in [5.41, 5.74) is 2.87. The van der Waals surface area contributed by atoms with Gasteiger partial charge in [-0.1, -0.05) is 35.8 Å². The Morgan fingerprint density at radius 3 is 2.70 bits per heavy atom. The average Bonchev–Trinajstić information content (AvgIpc) is 3.24. The number of anilines is 1. The van der Waals surface area contributed by atoms with E-state index in [0.29, 0.717) is 0 Å². The molecule has 20 heavy (non-hydrogen) atoms. The second kappa shape index (κ2) is 6.07. The van der Waals surface area contributed by atoms with Crippen molar-refractivity contribution < 1.29 is 0 Å². The second-order valence-corrected chi connectivity index (χ2v) is 7.53. The van der Waals surface area contributed by atoms with Gasteiger partial charge in [0.05, 0.1) is 0 Å². The molecule has 110 valence electrons. The summed E-state index contributed by atoms with van der Waals surface area (Å²) in [7, 11) is 0. The zero-order valence-corrected chi connectivity index (χ0v) is 14.1. The Morgan fingerprint density at radius 2 is 2.00 bits per heavy atom. The van der Waals surface area contributed by atoms with E-state index in [1.165, 1.54) is 48.1 Å². The number of piperidine rings is 1. The Kier molecular flexibility index (Phi) is 4.37. The third-order valence-electron chi connectivity index (χ3n) is 4.88. The molecule has 2 fully saturated rings. The maximum absolute atomic E-state index is 3.65. The molecule has 1 N–H and O–H groups in total. The number of hydrogen-bond acceptors (Lipinski definition) is 2. The summed E-state index contributed by atoms with van der Waals surface area (Å²) in [6, 6.07) is 7.51. The quantitative estimate of drug-likeness (QED) is 0.887. The lowest BCUT2D eigenvalue weighted by atomic mass is 9.88. The molecule has 0 radical (unpaired) electrons. The SMILES string of the molecule is CC1CCN(c2cc(Br)ccc2CNC2CC2)CC1C. The minimum atomic E-state index is 0.770. The summed E-state index contributed by atoms with van der Waals surface area (Å²) in [6.07, 6.45) is 4.01. The van der Waals surface area contributed by atoms with Gasteiger partial charge in [0, 0.05) is 35.8 Å². The monoisotopic (exact) mass is 336 g/mol. The predicted octanol–water partition coefficient (Wildman–Crippen LogP) is 4.18. The molecule has 1 aromatic carbocycles. The van der Waals surface area contributed by atoms with E-state index < -0.39 is 0 Å². The van der Waals surface area contributed by atoms with Gasteiger partial charge < -0.3 is 10.2 Å². The molecule has 3 rings (SSSR count). The molecular weight excluding hydrogens is 312 g/mol. The van der Waals surface area contributed by atoms with Crippen LogP contribution in [0.2, 0.25) is 0 Å². The molecule has 1 aliphatic carbocycles. The van der Waals surface area contributed by atoms with E-state index in [0.717, 1.165) is 24.4 Å². The Balaban J connectivity index is 1.77. The van der Waals surface area contributed by atoms with Crippen molar-refractivity contribution in [2.75, 3.05) is 18.0 Å². The summed E-state index contributed by atoms with van der Waals surface area (Å²) in [5, 5.41) is 3.65. The summed E-state index contributed by atoms with van der Waals surface area (Å²) >= 11 is 3.64. The smallest absolute Gasteiger partial charge is 0.0423 e. The molecule has 1 aliphatic heterocycles. The van der Waals surface area contributed by atoms with E-state index >= 15 is 0 Å².